The normalized spacial score (nSPS) is 53.9. The van der Waals surface area contributed by atoms with Crippen LogP contribution in [0.5, 0.6) is 0 Å². The maximum absolute atomic E-state index is 10.6. The van der Waals surface area contributed by atoms with Crippen molar-refractivity contribution in [3.8, 4) is 0 Å². The average molecular weight is 611 g/mol. The summed E-state index contributed by atoms with van der Waals surface area (Å²) in [6.07, 6.45) is -14.8. The molecule has 0 bridgehead atoms. The van der Waals surface area contributed by atoms with Crippen LogP contribution in [0.15, 0.2) is 0 Å². The lowest BCUT2D eigenvalue weighted by Gasteiger charge is -2.50. The SMILES string of the molecule is OC[C@H]1O[C@@H](OC2CC3OC(C4CCC(O)C(O)C4)CCC3C(O[C@@H]3O[C@H](CO)[C@@H](O)[C@@H](O)[C@H]3O)C2)[C@H](O)[C@H](O)[C@@H]1O. The molecule has 5 aliphatic rings. The summed E-state index contributed by atoms with van der Waals surface area (Å²) in [5, 5.41) is 101. The molecule has 15 nitrogen and oxygen atoms in total. The van der Waals surface area contributed by atoms with Gasteiger partial charge in [-0.3, -0.25) is 0 Å². The lowest BCUT2D eigenvalue weighted by atomic mass is 9.73. The lowest BCUT2D eigenvalue weighted by Crippen LogP contribution is -2.62. The van der Waals surface area contributed by atoms with Crippen molar-refractivity contribution in [2.75, 3.05) is 13.2 Å². The molecular weight excluding hydrogens is 564 g/mol. The van der Waals surface area contributed by atoms with E-state index in [1.54, 1.807) is 0 Å². The summed E-state index contributed by atoms with van der Waals surface area (Å²) in [4.78, 5) is 0. The zero-order chi connectivity index (χ0) is 30.3. The fraction of sp³-hybridized carbons (Fsp3) is 1.00. The van der Waals surface area contributed by atoms with Crippen LogP contribution in [0.1, 0.15) is 44.9 Å². The molecule has 3 saturated heterocycles. The fourth-order valence-electron chi connectivity index (χ4n) is 7.22. The van der Waals surface area contributed by atoms with Gasteiger partial charge in [-0.15, -0.1) is 0 Å². The highest BCUT2D eigenvalue weighted by Gasteiger charge is 2.51. The summed E-state index contributed by atoms with van der Waals surface area (Å²) < 4.78 is 29.9. The third kappa shape index (κ3) is 6.66. The predicted octanol–water partition coefficient (Wildman–Crippen LogP) is -4.16. The van der Waals surface area contributed by atoms with Gasteiger partial charge in [0.25, 0.3) is 0 Å². The van der Waals surface area contributed by atoms with Crippen LogP contribution in [-0.4, -0.2) is 162 Å². The summed E-state index contributed by atoms with van der Waals surface area (Å²) >= 11 is 0. The number of fused-ring (bicyclic) bond motifs is 1. The van der Waals surface area contributed by atoms with Gasteiger partial charge in [0.2, 0.25) is 0 Å². The molecule has 3 aliphatic heterocycles. The minimum absolute atomic E-state index is 0.0286. The molecule has 244 valence electrons. The average Bonchev–Trinajstić information content (AvgIpc) is 2.98. The first kappa shape index (κ1) is 32.8. The second-order valence-electron chi connectivity index (χ2n) is 12.5. The summed E-state index contributed by atoms with van der Waals surface area (Å²) in [7, 11) is 0. The Hall–Kier alpha value is -0.600. The summed E-state index contributed by atoms with van der Waals surface area (Å²) in [6.45, 7) is -1.23. The second-order valence-corrected chi connectivity index (χ2v) is 12.5. The number of ether oxygens (including phenoxy) is 5. The van der Waals surface area contributed by atoms with Crippen molar-refractivity contribution in [3.05, 3.63) is 0 Å². The number of hydrogen-bond donors (Lipinski definition) is 10. The molecule has 8 unspecified atom stereocenters. The Morgan fingerprint density at radius 3 is 1.69 bits per heavy atom. The van der Waals surface area contributed by atoms with E-state index in [9.17, 15) is 51.1 Å². The van der Waals surface area contributed by atoms with E-state index in [2.05, 4.69) is 0 Å². The van der Waals surface area contributed by atoms with Crippen molar-refractivity contribution in [1.82, 2.24) is 0 Å². The Bertz CT molecular complexity index is 863. The van der Waals surface area contributed by atoms with Gasteiger partial charge in [0.1, 0.15) is 48.8 Å². The molecule has 0 spiro atoms. The summed E-state index contributed by atoms with van der Waals surface area (Å²) in [5.74, 6) is -0.178. The van der Waals surface area contributed by atoms with Crippen LogP contribution >= 0.6 is 0 Å². The topological polar surface area (TPSA) is 248 Å². The van der Waals surface area contributed by atoms with E-state index in [0.29, 0.717) is 38.5 Å². The Kier molecular flexibility index (Phi) is 10.8. The van der Waals surface area contributed by atoms with E-state index in [1.165, 1.54) is 0 Å². The maximum Gasteiger partial charge on any atom is 0.186 e. The van der Waals surface area contributed by atoms with Gasteiger partial charge in [0.05, 0.1) is 49.8 Å². The van der Waals surface area contributed by atoms with Gasteiger partial charge in [-0.25, -0.2) is 0 Å². The highest BCUT2D eigenvalue weighted by molar-refractivity contribution is 4.97. The molecule has 0 aromatic rings. The molecular formula is C27H46O15. The van der Waals surface area contributed by atoms with E-state index < -0.39 is 105 Å². The van der Waals surface area contributed by atoms with Crippen molar-refractivity contribution in [3.63, 3.8) is 0 Å². The summed E-state index contributed by atoms with van der Waals surface area (Å²) in [6, 6.07) is 0. The van der Waals surface area contributed by atoms with Gasteiger partial charge in [0, 0.05) is 18.8 Å². The third-order valence-electron chi connectivity index (χ3n) is 9.76. The van der Waals surface area contributed by atoms with Crippen molar-refractivity contribution < 1.29 is 74.7 Å². The Labute approximate surface area is 243 Å². The highest BCUT2D eigenvalue weighted by atomic mass is 16.7. The van der Waals surface area contributed by atoms with E-state index in [1.807, 2.05) is 0 Å². The van der Waals surface area contributed by atoms with Crippen molar-refractivity contribution in [1.29, 1.82) is 0 Å². The third-order valence-corrected chi connectivity index (χ3v) is 9.76. The van der Waals surface area contributed by atoms with Gasteiger partial charge < -0.3 is 74.7 Å². The number of rotatable bonds is 7. The van der Waals surface area contributed by atoms with Crippen LogP contribution in [0.4, 0.5) is 0 Å². The minimum atomic E-state index is -1.62. The van der Waals surface area contributed by atoms with E-state index >= 15 is 0 Å². The quantitative estimate of drug-likeness (QED) is 0.131. The Morgan fingerprint density at radius 1 is 0.524 bits per heavy atom. The van der Waals surface area contributed by atoms with Crippen molar-refractivity contribution in [2.24, 2.45) is 11.8 Å². The first-order valence-electron chi connectivity index (χ1n) is 15.0. The van der Waals surface area contributed by atoms with Crippen LogP contribution in [-0.2, 0) is 23.7 Å². The van der Waals surface area contributed by atoms with Gasteiger partial charge in [-0.05, 0) is 38.0 Å². The molecule has 10 N–H and O–H groups in total. The van der Waals surface area contributed by atoms with Gasteiger partial charge >= 0.3 is 0 Å². The molecule has 42 heavy (non-hydrogen) atoms. The first-order valence-corrected chi connectivity index (χ1v) is 15.0. The second kappa shape index (κ2) is 13.8. The van der Waals surface area contributed by atoms with E-state index in [4.69, 9.17) is 23.7 Å². The molecule has 0 aromatic carbocycles. The first-order chi connectivity index (χ1) is 20.0. The molecule has 5 fully saturated rings. The van der Waals surface area contributed by atoms with Crippen molar-refractivity contribution >= 4 is 0 Å². The van der Waals surface area contributed by atoms with Gasteiger partial charge in [-0.1, -0.05) is 0 Å². The largest absolute Gasteiger partial charge is 0.394 e. The molecule has 18 atom stereocenters. The monoisotopic (exact) mass is 610 g/mol. The van der Waals surface area contributed by atoms with Gasteiger partial charge in [-0.2, -0.15) is 0 Å². The van der Waals surface area contributed by atoms with Crippen LogP contribution in [0.3, 0.4) is 0 Å². The smallest absolute Gasteiger partial charge is 0.186 e. The van der Waals surface area contributed by atoms with Gasteiger partial charge in [0.15, 0.2) is 12.6 Å². The molecule has 0 radical (unpaired) electrons. The van der Waals surface area contributed by atoms with Crippen LogP contribution in [0, 0.1) is 11.8 Å². The highest BCUT2D eigenvalue weighted by Crippen LogP contribution is 2.44. The lowest BCUT2D eigenvalue weighted by molar-refractivity contribution is -0.338. The van der Waals surface area contributed by atoms with E-state index in [0.717, 1.165) is 0 Å². The van der Waals surface area contributed by atoms with Crippen LogP contribution in [0.2, 0.25) is 0 Å². The molecule has 5 rings (SSSR count). The standard InChI is InChI=1S/C27H46O15/c28-8-18-20(32)22(34)24(36)26(41-18)38-11-6-16-12(2-4-15(39-16)10-1-3-13(30)14(31)5-10)17(7-11)40-27-25(37)23(35)21(33)19(9-29)42-27/h10-37H,1-9H2/t10?,11?,12?,13?,14?,15?,16?,17?,18-,19-,20-,21-,22-,23-,24-,25-,26-,27-/m1/s1. The minimum Gasteiger partial charge on any atom is -0.394 e. The molecule has 3 heterocycles. The number of aliphatic hydroxyl groups excluding tert-OH is 10. The van der Waals surface area contributed by atoms with Crippen LogP contribution in [0.25, 0.3) is 0 Å². The van der Waals surface area contributed by atoms with E-state index in [-0.39, 0.29) is 24.4 Å². The van der Waals surface area contributed by atoms with Crippen LogP contribution < -0.4 is 0 Å². The molecule has 0 amide bonds. The summed E-state index contributed by atoms with van der Waals surface area (Å²) in [5.41, 5.74) is 0. The Morgan fingerprint density at radius 2 is 1.12 bits per heavy atom. The Balaban J connectivity index is 1.32. The number of hydrogen-bond acceptors (Lipinski definition) is 15. The zero-order valence-corrected chi connectivity index (χ0v) is 23.3. The fourth-order valence-corrected chi connectivity index (χ4v) is 7.22. The number of aliphatic hydroxyl groups is 10. The predicted molar refractivity (Wildman–Crippen MR) is 137 cm³/mol. The molecule has 15 heteroatoms. The maximum atomic E-state index is 10.6. The molecule has 0 aromatic heterocycles. The van der Waals surface area contributed by atoms with Crippen molar-refractivity contribution in [2.45, 2.75) is 143 Å². The zero-order valence-electron chi connectivity index (χ0n) is 23.3. The molecule has 2 aliphatic carbocycles. The molecule has 2 saturated carbocycles.